The quantitative estimate of drug-likeness (QED) is 0.398. The van der Waals surface area contributed by atoms with Crippen LogP contribution in [0.15, 0.2) is 72.8 Å². The molecule has 35 heavy (non-hydrogen) atoms. The third-order valence-corrected chi connectivity index (χ3v) is 5.72. The number of anilines is 1. The Labute approximate surface area is 202 Å². The molecule has 1 N–H and O–H groups in total. The van der Waals surface area contributed by atoms with Gasteiger partial charge in [-0.3, -0.25) is 9.59 Å². The Morgan fingerprint density at radius 2 is 1.77 bits per heavy atom. The van der Waals surface area contributed by atoms with Gasteiger partial charge in [0, 0.05) is 19.3 Å². The fourth-order valence-corrected chi connectivity index (χ4v) is 3.93. The maximum atomic E-state index is 13.6. The molecule has 1 atom stereocenters. The maximum absolute atomic E-state index is 13.6. The monoisotopic (exact) mass is 475 g/mol. The maximum Gasteiger partial charge on any atom is 0.251 e. The molecule has 0 saturated carbocycles. The fraction of sp³-hybridized carbons (Fsp3) is 0.231. The summed E-state index contributed by atoms with van der Waals surface area (Å²) in [5.41, 5.74) is 3.36. The van der Waals surface area contributed by atoms with Crippen LogP contribution >= 0.6 is 0 Å². The van der Waals surface area contributed by atoms with Crippen molar-refractivity contribution in [3.05, 3.63) is 89.7 Å². The summed E-state index contributed by atoms with van der Waals surface area (Å²) in [5.74, 6) is -1.14. The molecule has 4 rings (SSSR count). The molecule has 8 nitrogen and oxygen atoms in total. The molecular formula is C26H26FN5O3. The number of ether oxygens (including phenoxy) is 1. The van der Waals surface area contributed by atoms with E-state index in [0.717, 1.165) is 11.1 Å². The SMILES string of the molecule is COCCN(C(=O)Cn1nnc2ccccc21)[C@H](C(=O)Nc1ccc(F)cc1)c1ccccc1C. The predicted octanol–water partition coefficient (Wildman–Crippen LogP) is 3.73. The van der Waals surface area contributed by atoms with E-state index in [-0.39, 0.29) is 25.6 Å². The number of carbonyl (C=O) groups is 2. The Balaban J connectivity index is 1.69. The summed E-state index contributed by atoms with van der Waals surface area (Å²) >= 11 is 0. The van der Waals surface area contributed by atoms with E-state index in [1.54, 1.807) is 0 Å². The van der Waals surface area contributed by atoms with Crippen LogP contribution in [0.2, 0.25) is 0 Å². The van der Waals surface area contributed by atoms with E-state index in [1.807, 2.05) is 55.5 Å². The van der Waals surface area contributed by atoms with Crippen molar-refractivity contribution in [2.24, 2.45) is 0 Å². The number of amides is 2. The molecule has 4 aromatic rings. The van der Waals surface area contributed by atoms with Crippen LogP contribution in [0, 0.1) is 12.7 Å². The zero-order valence-corrected chi connectivity index (χ0v) is 19.5. The number of aromatic nitrogens is 3. The molecule has 180 valence electrons. The topological polar surface area (TPSA) is 89.3 Å². The highest BCUT2D eigenvalue weighted by Crippen LogP contribution is 2.27. The van der Waals surface area contributed by atoms with Gasteiger partial charge in [-0.2, -0.15) is 0 Å². The van der Waals surface area contributed by atoms with E-state index in [2.05, 4.69) is 15.6 Å². The van der Waals surface area contributed by atoms with Gasteiger partial charge in [-0.1, -0.05) is 41.6 Å². The molecule has 0 aliphatic heterocycles. The first-order chi connectivity index (χ1) is 17.0. The van der Waals surface area contributed by atoms with Crippen LogP contribution in [0.1, 0.15) is 17.2 Å². The number of para-hydroxylation sites is 1. The number of nitrogens with zero attached hydrogens (tertiary/aromatic N) is 4. The van der Waals surface area contributed by atoms with Crippen LogP contribution in [-0.4, -0.2) is 52.0 Å². The second kappa shape index (κ2) is 10.9. The zero-order valence-electron chi connectivity index (χ0n) is 19.5. The second-order valence-corrected chi connectivity index (χ2v) is 8.07. The number of halogens is 1. The molecule has 1 aromatic heterocycles. The number of rotatable bonds is 9. The predicted molar refractivity (Wildman–Crippen MR) is 130 cm³/mol. The first kappa shape index (κ1) is 24.0. The molecule has 0 spiro atoms. The molecule has 0 aliphatic rings. The number of hydrogen-bond donors (Lipinski definition) is 1. The number of aryl methyl sites for hydroxylation is 1. The van der Waals surface area contributed by atoms with Gasteiger partial charge in [0.2, 0.25) is 5.91 Å². The van der Waals surface area contributed by atoms with Crippen LogP contribution < -0.4 is 5.32 Å². The minimum Gasteiger partial charge on any atom is -0.383 e. The van der Waals surface area contributed by atoms with Gasteiger partial charge < -0.3 is 15.0 Å². The summed E-state index contributed by atoms with van der Waals surface area (Å²) in [7, 11) is 1.54. The smallest absolute Gasteiger partial charge is 0.251 e. The van der Waals surface area contributed by atoms with E-state index in [1.165, 1.54) is 41.0 Å². The van der Waals surface area contributed by atoms with E-state index in [9.17, 15) is 14.0 Å². The first-order valence-electron chi connectivity index (χ1n) is 11.2. The lowest BCUT2D eigenvalue weighted by Crippen LogP contribution is -2.44. The molecule has 9 heteroatoms. The number of carbonyl (C=O) groups excluding carboxylic acids is 2. The Hall–Kier alpha value is -4.11. The Kier molecular flexibility index (Phi) is 7.47. The number of methoxy groups -OCH3 is 1. The molecule has 3 aromatic carbocycles. The van der Waals surface area contributed by atoms with E-state index < -0.39 is 17.8 Å². The summed E-state index contributed by atoms with van der Waals surface area (Å²) < 4.78 is 20.1. The van der Waals surface area contributed by atoms with Crippen LogP contribution in [0.25, 0.3) is 11.0 Å². The lowest BCUT2D eigenvalue weighted by atomic mass is 9.98. The van der Waals surface area contributed by atoms with Gasteiger partial charge in [0.15, 0.2) is 0 Å². The highest BCUT2D eigenvalue weighted by atomic mass is 19.1. The van der Waals surface area contributed by atoms with Crippen molar-refractivity contribution in [3.63, 3.8) is 0 Å². The minimum atomic E-state index is -0.946. The molecule has 0 radical (unpaired) electrons. The average molecular weight is 476 g/mol. The number of nitrogens with one attached hydrogen (secondary N) is 1. The van der Waals surface area contributed by atoms with E-state index >= 15 is 0 Å². The Bertz CT molecular complexity index is 1320. The van der Waals surface area contributed by atoms with E-state index in [0.29, 0.717) is 16.8 Å². The van der Waals surface area contributed by atoms with Crippen molar-refractivity contribution in [1.82, 2.24) is 19.9 Å². The molecule has 0 aliphatic carbocycles. The van der Waals surface area contributed by atoms with Gasteiger partial charge in [0.05, 0.1) is 12.1 Å². The molecule has 0 unspecified atom stereocenters. The molecule has 2 amide bonds. The lowest BCUT2D eigenvalue weighted by molar-refractivity contribution is -0.140. The molecule has 0 saturated heterocycles. The third-order valence-electron chi connectivity index (χ3n) is 5.72. The first-order valence-corrected chi connectivity index (χ1v) is 11.2. The average Bonchev–Trinajstić information content (AvgIpc) is 3.26. The van der Waals surface area contributed by atoms with Gasteiger partial charge in [0.25, 0.3) is 5.91 Å². The summed E-state index contributed by atoms with van der Waals surface area (Å²) in [5, 5.41) is 11.1. The van der Waals surface area contributed by atoms with Crippen LogP contribution in [0.5, 0.6) is 0 Å². The number of fused-ring (bicyclic) bond motifs is 1. The van der Waals surface area contributed by atoms with Gasteiger partial charge in [-0.25, -0.2) is 9.07 Å². The summed E-state index contributed by atoms with van der Waals surface area (Å²) in [6.45, 7) is 2.20. The van der Waals surface area contributed by atoms with Crippen molar-refractivity contribution < 1.29 is 18.7 Å². The minimum absolute atomic E-state index is 0.101. The van der Waals surface area contributed by atoms with Crippen LogP contribution in [-0.2, 0) is 20.9 Å². The standard InChI is InChI=1S/C26H26FN5O3/c1-18-7-3-4-8-21(18)25(26(34)28-20-13-11-19(27)12-14-20)31(15-16-35-2)24(33)17-32-23-10-6-5-9-22(23)29-30-32/h3-14,25H,15-17H2,1-2H3,(H,28,34)/t25-/m0/s1. The Morgan fingerprint density at radius 3 is 2.51 bits per heavy atom. The lowest BCUT2D eigenvalue weighted by Gasteiger charge is -2.32. The highest BCUT2D eigenvalue weighted by Gasteiger charge is 2.32. The van der Waals surface area contributed by atoms with Gasteiger partial charge >= 0.3 is 0 Å². The fourth-order valence-electron chi connectivity index (χ4n) is 3.93. The largest absolute Gasteiger partial charge is 0.383 e. The van der Waals surface area contributed by atoms with E-state index in [4.69, 9.17) is 4.74 Å². The van der Waals surface area contributed by atoms with Crippen molar-refractivity contribution in [2.45, 2.75) is 19.5 Å². The normalized spacial score (nSPS) is 11.9. The molecule has 0 fully saturated rings. The van der Waals surface area contributed by atoms with Gasteiger partial charge in [-0.15, -0.1) is 5.10 Å². The molecule has 0 bridgehead atoms. The second-order valence-electron chi connectivity index (χ2n) is 8.07. The molecule has 1 heterocycles. The summed E-state index contributed by atoms with van der Waals surface area (Å²) in [4.78, 5) is 28.7. The highest BCUT2D eigenvalue weighted by molar-refractivity contribution is 5.98. The number of benzene rings is 3. The Morgan fingerprint density at radius 1 is 1.06 bits per heavy atom. The van der Waals surface area contributed by atoms with Gasteiger partial charge in [-0.05, 0) is 54.4 Å². The van der Waals surface area contributed by atoms with Crippen molar-refractivity contribution in [1.29, 1.82) is 0 Å². The van der Waals surface area contributed by atoms with Crippen LogP contribution in [0.4, 0.5) is 10.1 Å². The van der Waals surface area contributed by atoms with Gasteiger partial charge in [0.1, 0.15) is 23.9 Å². The third kappa shape index (κ3) is 5.52. The number of hydrogen-bond acceptors (Lipinski definition) is 5. The van der Waals surface area contributed by atoms with Crippen LogP contribution in [0.3, 0.4) is 0 Å². The summed E-state index contributed by atoms with van der Waals surface area (Å²) in [6.07, 6.45) is 0. The van der Waals surface area contributed by atoms with Crippen molar-refractivity contribution >= 4 is 28.5 Å². The van der Waals surface area contributed by atoms with Crippen molar-refractivity contribution in [2.75, 3.05) is 25.6 Å². The molecular weight excluding hydrogens is 449 g/mol. The summed E-state index contributed by atoms with van der Waals surface area (Å²) in [6, 6.07) is 19.3. The van der Waals surface area contributed by atoms with Crippen molar-refractivity contribution in [3.8, 4) is 0 Å². The zero-order chi connectivity index (χ0) is 24.8.